The summed E-state index contributed by atoms with van der Waals surface area (Å²) in [6.45, 7) is -0.0113. The third kappa shape index (κ3) is 5.25. The lowest BCUT2D eigenvalue weighted by Crippen LogP contribution is -2.43. The summed E-state index contributed by atoms with van der Waals surface area (Å²) >= 11 is 0. The number of sulfonamides is 1. The minimum atomic E-state index is -4.81. The molecule has 1 N–H and O–H groups in total. The van der Waals surface area contributed by atoms with Gasteiger partial charge >= 0.3 is 6.18 Å². The first kappa shape index (κ1) is 23.7. The van der Waals surface area contributed by atoms with Crippen molar-refractivity contribution < 1.29 is 31.3 Å². The molecule has 32 heavy (non-hydrogen) atoms. The lowest BCUT2D eigenvalue weighted by Gasteiger charge is -2.31. The van der Waals surface area contributed by atoms with Gasteiger partial charge in [-0.05, 0) is 30.5 Å². The Kier molecular flexibility index (Phi) is 6.84. The highest BCUT2D eigenvalue weighted by Crippen LogP contribution is 2.36. The summed E-state index contributed by atoms with van der Waals surface area (Å²) in [7, 11) is -4.36. The van der Waals surface area contributed by atoms with Gasteiger partial charge in [0.05, 0.1) is 15.4 Å². The second kappa shape index (κ2) is 9.25. The second-order valence-corrected chi connectivity index (χ2v) is 9.22. The van der Waals surface area contributed by atoms with Crippen molar-refractivity contribution in [2.45, 2.75) is 30.5 Å². The predicted molar refractivity (Wildman–Crippen MR) is 108 cm³/mol. The van der Waals surface area contributed by atoms with Crippen LogP contribution in [0.4, 0.5) is 18.9 Å². The molecule has 1 fully saturated rings. The van der Waals surface area contributed by atoms with Crippen molar-refractivity contribution in [1.82, 2.24) is 9.62 Å². The average Bonchev–Trinajstić information content (AvgIpc) is 2.77. The lowest BCUT2D eigenvalue weighted by atomic mass is 9.97. The highest BCUT2D eigenvalue weighted by atomic mass is 32.2. The Morgan fingerprint density at radius 3 is 2.25 bits per heavy atom. The fourth-order valence-corrected chi connectivity index (χ4v) is 5.17. The zero-order chi connectivity index (χ0) is 23.5. The van der Waals surface area contributed by atoms with E-state index in [0.29, 0.717) is 5.56 Å². The molecule has 0 aromatic heterocycles. The van der Waals surface area contributed by atoms with Crippen molar-refractivity contribution in [2.75, 3.05) is 13.1 Å². The van der Waals surface area contributed by atoms with Crippen LogP contribution in [-0.4, -0.2) is 36.6 Å². The van der Waals surface area contributed by atoms with Crippen LogP contribution in [0.15, 0.2) is 53.4 Å². The summed E-state index contributed by atoms with van der Waals surface area (Å²) in [5, 5.41) is 13.4. The third-order valence-corrected chi connectivity index (χ3v) is 7.21. The van der Waals surface area contributed by atoms with E-state index in [0.717, 1.165) is 22.5 Å². The van der Waals surface area contributed by atoms with Crippen LogP contribution in [0.2, 0.25) is 0 Å². The van der Waals surface area contributed by atoms with Crippen molar-refractivity contribution in [3.8, 4) is 0 Å². The van der Waals surface area contributed by atoms with Gasteiger partial charge in [0.2, 0.25) is 15.9 Å². The number of halogens is 3. The van der Waals surface area contributed by atoms with Crippen molar-refractivity contribution >= 4 is 21.6 Å². The summed E-state index contributed by atoms with van der Waals surface area (Å²) in [5.41, 5.74) is -0.628. The summed E-state index contributed by atoms with van der Waals surface area (Å²) in [5.74, 6) is -0.798. The number of nitro benzene ring substituents is 1. The molecule has 8 nitrogen and oxygen atoms in total. The Hall–Kier alpha value is -2.99. The number of amides is 1. The summed E-state index contributed by atoms with van der Waals surface area (Å²) in [4.78, 5) is 21.8. The summed E-state index contributed by atoms with van der Waals surface area (Å²) in [6.07, 6.45) is -4.47. The number of hydrogen-bond acceptors (Lipinski definition) is 5. The number of carbonyl (C=O) groups excluding carboxylic acids is 1. The minimum Gasteiger partial charge on any atom is -0.352 e. The maximum atomic E-state index is 13.2. The van der Waals surface area contributed by atoms with Gasteiger partial charge in [0.1, 0.15) is 0 Å². The van der Waals surface area contributed by atoms with Crippen LogP contribution in [0.3, 0.4) is 0 Å². The van der Waals surface area contributed by atoms with Crippen LogP contribution >= 0.6 is 0 Å². The normalized spacial score (nSPS) is 16.0. The van der Waals surface area contributed by atoms with E-state index in [4.69, 9.17) is 0 Å². The molecular weight excluding hydrogens is 451 g/mol. The molecule has 12 heteroatoms. The van der Waals surface area contributed by atoms with Crippen LogP contribution in [0, 0.1) is 16.0 Å². The van der Waals surface area contributed by atoms with Crippen LogP contribution in [0.25, 0.3) is 0 Å². The van der Waals surface area contributed by atoms with Crippen LogP contribution in [-0.2, 0) is 27.5 Å². The first-order chi connectivity index (χ1) is 15.0. The first-order valence-corrected chi connectivity index (χ1v) is 11.1. The first-order valence-electron chi connectivity index (χ1n) is 9.67. The van der Waals surface area contributed by atoms with E-state index >= 15 is 0 Å². The fraction of sp³-hybridized carbons (Fsp3) is 0.350. The molecule has 0 spiro atoms. The van der Waals surface area contributed by atoms with Gasteiger partial charge in [-0.25, -0.2) is 8.42 Å². The van der Waals surface area contributed by atoms with E-state index in [1.807, 2.05) is 0 Å². The molecule has 0 radical (unpaired) electrons. The monoisotopic (exact) mass is 471 g/mol. The van der Waals surface area contributed by atoms with Gasteiger partial charge in [-0.3, -0.25) is 14.9 Å². The Morgan fingerprint density at radius 1 is 1.09 bits per heavy atom. The van der Waals surface area contributed by atoms with Gasteiger partial charge < -0.3 is 5.32 Å². The highest BCUT2D eigenvalue weighted by molar-refractivity contribution is 7.89. The van der Waals surface area contributed by atoms with E-state index < -0.39 is 37.5 Å². The van der Waals surface area contributed by atoms with E-state index in [-0.39, 0.29) is 44.1 Å². The topological polar surface area (TPSA) is 110 Å². The predicted octanol–water partition coefficient (Wildman–Crippen LogP) is 3.33. The number of nitro groups is 1. The molecule has 0 bridgehead atoms. The minimum absolute atomic E-state index is 0.0687. The van der Waals surface area contributed by atoms with Gasteiger partial charge in [0, 0.05) is 37.7 Å². The molecule has 3 rings (SSSR count). The highest BCUT2D eigenvalue weighted by Gasteiger charge is 2.40. The SMILES string of the molecule is O=C(NCc1ccc([N+](=O)[O-])cc1)C1CCN(S(=O)(=O)c2ccccc2C(F)(F)F)CC1. The van der Waals surface area contributed by atoms with Crippen molar-refractivity contribution in [3.05, 3.63) is 69.8 Å². The largest absolute Gasteiger partial charge is 0.417 e. The van der Waals surface area contributed by atoms with Crippen molar-refractivity contribution in [2.24, 2.45) is 5.92 Å². The number of non-ortho nitro benzene ring substituents is 1. The molecule has 172 valence electrons. The molecule has 1 aliphatic heterocycles. The van der Waals surface area contributed by atoms with Crippen LogP contribution < -0.4 is 5.32 Å². The van der Waals surface area contributed by atoms with E-state index in [2.05, 4.69) is 5.32 Å². The molecule has 1 amide bonds. The third-order valence-electron chi connectivity index (χ3n) is 5.25. The molecule has 0 unspecified atom stereocenters. The zero-order valence-electron chi connectivity index (χ0n) is 16.7. The maximum absolute atomic E-state index is 13.2. The standard InChI is InChI=1S/C20H20F3N3O5S/c21-20(22,23)17-3-1-2-4-18(17)32(30,31)25-11-9-15(10-12-25)19(27)24-13-14-5-7-16(8-6-14)26(28)29/h1-8,15H,9-13H2,(H,24,27). The quantitative estimate of drug-likeness (QED) is 0.513. The van der Waals surface area contributed by atoms with Crippen molar-refractivity contribution in [1.29, 1.82) is 0 Å². The number of alkyl halides is 3. The molecule has 1 saturated heterocycles. The van der Waals surface area contributed by atoms with E-state index in [1.165, 1.54) is 30.3 Å². The van der Waals surface area contributed by atoms with Crippen LogP contribution in [0.5, 0.6) is 0 Å². The number of piperidine rings is 1. The number of benzene rings is 2. The smallest absolute Gasteiger partial charge is 0.352 e. The Balaban J connectivity index is 1.60. The zero-order valence-corrected chi connectivity index (χ0v) is 17.5. The van der Waals surface area contributed by atoms with Gasteiger partial charge in [-0.1, -0.05) is 24.3 Å². The van der Waals surface area contributed by atoms with Crippen molar-refractivity contribution in [3.63, 3.8) is 0 Å². The van der Waals surface area contributed by atoms with E-state index in [9.17, 15) is 36.5 Å². The van der Waals surface area contributed by atoms with Gasteiger partial charge in [0.15, 0.2) is 0 Å². The second-order valence-electron chi connectivity index (χ2n) is 7.31. The fourth-order valence-electron chi connectivity index (χ4n) is 3.49. The number of nitrogens with zero attached hydrogens (tertiary/aromatic N) is 2. The molecular formula is C20H20F3N3O5S. The van der Waals surface area contributed by atoms with Gasteiger partial charge in [0.25, 0.3) is 5.69 Å². The Morgan fingerprint density at radius 2 is 1.69 bits per heavy atom. The van der Waals surface area contributed by atoms with Crippen LogP contribution in [0.1, 0.15) is 24.0 Å². The molecule has 1 aliphatic rings. The average molecular weight is 471 g/mol. The molecule has 0 aliphatic carbocycles. The molecule has 0 atom stereocenters. The Bertz CT molecular complexity index is 1100. The summed E-state index contributed by atoms with van der Waals surface area (Å²) < 4.78 is 66.3. The Labute approximate surface area is 182 Å². The molecule has 0 saturated carbocycles. The number of carbonyl (C=O) groups is 1. The number of nitrogens with one attached hydrogen (secondary N) is 1. The number of rotatable bonds is 6. The van der Waals surface area contributed by atoms with E-state index in [1.54, 1.807) is 0 Å². The lowest BCUT2D eigenvalue weighted by molar-refractivity contribution is -0.384. The van der Waals surface area contributed by atoms with Gasteiger partial charge in [-0.15, -0.1) is 0 Å². The molecule has 2 aromatic carbocycles. The van der Waals surface area contributed by atoms with Gasteiger partial charge in [-0.2, -0.15) is 17.5 Å². The molecule has 1 heterocycles. The maximum Gasteiger partial charge on any atom is 0.417 e. The summed E-state index contributed by atoms with van der Waals surface area (Å²) in [6, 6.07) is 9.71. The number of hydrogen-bond donors (Lipinski definition) is 1. The molecule has 2 aromatic rings.